The number of ether oxygens (including phenoxy) is 1. The van der Waals surface area contributed by atoms with Crippen LogP contribution in [0.15, 0.2) is 18.3 Å². The molecule has 5 heteroatoms. The van der Waals surface area contributed by atoms with Crippen molar-refractivity contribution in [3.8, 4) is 0 Å². The van der Waals surface area contributed by atoms with Gasteiger partial charge < -0.3 is 9.64 Å². The fraction of sp³-hybridized carbons (Fsp3) is 0.571. The number of hydrogen-bond acceptors (Lipinski definition) is 4. The van der Waals surface area contributed by atoms with Crippen molar-refractivity contribution in [2.45, 2.75) is 26.7 Å². The van der Waals surface area contributed by atoms with Gasteiger partial charge in [-0.05, 0) is 37.8 Å². The summed E-state index contributed by atoms with van der Waals surface area (Å²) in [5.74, 6) is 1.69. The van der Waals surface area contributed by atoms with Crippen LogP contribution in [-0.4, -0.2) is 30.8 Å². The van der Waals surface area contributed by atoms with E-state index in [1.165, 1.54) is 12.8 Å². The van der Waals surface area contributed by atoms with Crippen molar-refractivity contribution in [1.82, 2.24) is 4.98 Å². The van der Waals surface area contributed by atoms with Gasteiger partial charge in [-0.1, -0.05) is 6.92 Å². The molecule has 1 atom stereocenters. The van der Waals surface area contributed by atoms with E-state index in [1.54, 1.807) is 13.1 Å². The molecule has 2 rings (SSSR count). The maximum absolute atomic E-state index is 11.3. The van der Waals surface area contributed by atoms with Crippen molar-refractivity contribution in [2.75, 3.05) is 29.9 Å². The van der Waals surface area contributed by atoms with E-state index in [0.717, 1.165) is 18.9 Å². The number of anilines is 2. The molecule has 1 amide bonds. The number of carbonyl (C=O) groups is 1. The van der Waals surface area contributed by atoms with E-state index in [4.69, 9.17) is 4.74 Å². The summed E-state index contributed by atoms with van der Waals surface area (Å²) < 4.78 is 4.82. The topological polar surface area (TPSA) is 54.5 Å². The van der Waals surface area contributed by atoms with Gasteiger partial charge in [0.2, 0.25) is 0 Å². The smallest absolute Gasteiger partial charge is 0.411 e. The minimum Gasteiger partial charge on any atom is -0.450 e. The zero-order valence-electron chi connectivity index (χ0n) is 11.6. The highest BCUT2D eigenvalue weighted by molar-refractivity contribution is 5.84. The Morgan fingerprint density at radius 3 is 3.05 bits per heavy atom. The lowest BCUT2D eigenvalue weighted by Gasteiger charge is -2.31. The Morgan fingerprint density at radius 2 is 2.42 bits per heavy atom. The average molecular weight is 263 g/mol. The first-order chi connectivity index (χ1) is 9.19. The fourth-order valence-electron chi connectivity index (χ4n) is 2.33. The molecule has 1 aromatic heterocycles. The van der Waals surface area contributed by atoms with Gasteiger partial charge in [0.05, 0.1) is 18.5 Å². The zero-order chi connectivity index (χ0) is 13.7. The lowest BCUT2D eigenvalue weighted by atomic mass is 10.0. The molecule has 1 N–H and O–H groups in total. The van der Waals surface area contributed by atoms with Gasteiger partial charge in [0.25, 0.3) is 0 Å². The molecule has 0 bridgehead atoms. The third-order valence-corrected chi connectivity index (χ3v) is 3.25. The summed E-state index contributed by atoms with van der Waals surface area (Å²) in [6, 6.07) is 3.80. The molecule has 0 aliphatic carbocycles. The Morgan fingerprint density at radius 1 is 1.58 bits per heavy atom. The molecule has 0 aromatic carbocycles. The lowest BCUT2D eigenvalue weighted by Crippen LogP contribution is -2.34. The van der Waals surface area contributed by atoms with Gasteiger partial charge in [-0.3, -0.25) is 5.32 Å². The second-order valence-corrected chi connectivity index (χ2v) is 4.94. The minimum absolute atomic E-state index is 0.364. The van der Waals surface area contributed by atoms with Gasteiger partial charge in [-0.2, -0.15) is 0 Å². The van der Waals surface area contributed by atoms with Gasteiger partial charge in [-0.15, -0.1) is 0 Å². The van der Waals surface area contributed by atoms with Crippen LogP contribution in [0.4, 0.5) is 16.3 Å². The van der Waals surface area contributed by atoms with Crippen LogP contribution in [0, 0.1) is 5.92 Å². The quantitative estimate of drug-likeness (QED) is 0.911. The normalized spacial score (nSPS) is 19.1. The Bertz CT molecular complexity index is 419. The first kappa shape index (κ1) is 13.6. The van der Waals surface area contributed by atoms with Crippen LogP contribution >= 0.6 is 0 Å². The van der Waals surface area contributed by atoms with Gasteiger partial charge in [0.1, 0.15) is 5.82 Å². The van der Waals surface area contributed by atoms with E-state index in [2.05, 4.69) is 22.1 Å². The molecule has 0 radical (unpaired) electrons. The van der Waals surface area contributed by atoms with Crippen molar-refractivity contribution in [3.05, 3.63) is 18.3 Å². The fourth-order valence-corrected chi connectivity index (χ4v) is 2.33. The molecule has 1 aromatic rings. The van der Waals surface area contributed by atoms with E-state index in [1.807, 2.05) is 12.1 Å². The predicted molar refractivity (Wildman–Crippen MR) is 75.5 cm³/mol. The monoisotopic (exact) mass is 263 g/mol. The number of hydrogen-bond donors (Lipinski definition) is 1. The van der Waals surface area contributed by atoms with Gasteiger partial charge in [0.15, 0.2) is 0 Å². The van der Waals surface area contributed by atoms with Crippen molar-refractivity contribution >= 4 is 17.6 Å². The predicted octanol–water partition coefficient (Wildman–Crippen LogP) is 2.89. The van der Waals surface area contributed by atoms with Crippen LogP contribution in [-0.2, 0) is 4.74 Å². The molecular weight excluding hydrogens is 242 g/mol. The average Bonchev–Trinajstić information content (AvgIpc) is 2.40. The number of piperidine rings is 1. The van der Waals surface area contributed by atoms with Crippen molar-refractivity contribution in [1.29, 1.82) is 0 Å². The van der Waals surface area contributed by atoms with Crippen molar-refractivity contribution in [3.63, 3.8) is 0 Å². The molecule has 1 saturated heterocycles. The maximum atomic E-state index is 11.3. The van der Waals surface area contributed by atoms with Crippen LogP contribution in [0.3, 0.4) is 0 Å². The second kappa shape index (κ2) is 6.41. The van der Waals surface area contributed by atoms with E-state index < -0.39 is 6.09 Å². The molecular formula is C14H21N3O2. The Labute approximate surface area is 114 Å². The van der Waals surface area contributed by atoms with Gasteiger partial charge >= 0.3 is 6.09 Å². The largest absolute Gasteiger partial charge is 0.450 e. The van der Waals surface area contributed by atoms with Gasteiger partial charge in [-0.25, -0.2) is 9.78 Å². The first-order valence-corrected chi connectivity index (χ1v) is 6.84. The number of pyridine rings is 1. The summed E-state index contributed by atoms with van der Waals surface area (Å²) >= 11 is 0. The van der Waals surface area contributed by atoms with Crippen molar-refractivity contribution < 1.29 is 9.53 Å². The third-order valence-electron chi connectivity index (χ3n) is 3.25. The summed E-state index contributed by atoms with van der Waals surface area (Å²) in [4.78, 5) is 18.0. The number of rotatable bonds is 3. The lowest BCUT2D eigenvalue weighted by molar-refractivity contribution is 0.168. The number of nitrogens with zero attached hydrogens (tertiary/aromatic N) is 2. The van der Waals surface area contributed by atoms with E-state index >= 15 is 0 Å². The molecule has 1 aliphatic rings. The molecule has 0 spiro atoms. The summed E-state index contributed by atoms with van der Waals surface area (Å²) in [5.41, 5.74) is 0.659. The van der Waals surface area contributed by atoms with Crippen LogP contribution in [0.2, 0.25) is 0 Å². The standard InChI is InChI=1S/C14H21N3O2/c1-3-19-14(18)16-12-6-7-13(15-9-12)17-8-4-5-11(2)10-17/h6-7,9,11H,3-5,8,10H2,1-2H3,(H,16,18). The highest BCUT2D eigenvalue weighted by atomic mass is 16.5. The molecule has 0 saturated carbocycles. The van der Waals surface area contributed by atoms with E-state index in [-0.39, 0.29) is 0 Å². The highest BCUT2D eigenvalue weighted by Gasteiger charge is 2.17. The number of amides is 1. The molecule has 104 valence electrons. The van der Waals surface area contributed by atoms with Crippen molar-refractivity contribution in [2.24, 2.45) is 5.92 Å². The summed E-state index contributed by atoms with van der Waals surface area (Å²) in [6.45, 7) is 6.52. The SMILES string of the molecule is CCOC(=O)Nc1ccc(N2CCCC(C)C2)nc1. The van der Waals surface area contributed by atoms with E-state index in [9.17, 15) is 4.79 Å². The van der Waals surface area contributed by atoms with E-state index in [0.29, 0.717) is 18.2 Å². The van der Waals surface area contributed by atoms with Crippen LogP contribution in [0.5, 0.6) is 0 Å². The minimum atomic E-state index is -0.441. The number of nitrogens with one attached hydrogen (secondary N) is 1. The van der Waals surface area contributed by atoms with Crippen LogP contribution < -0.4 is 10.2 Å². The molecule has 1 aliphatic heterocycles. The Balaban J connectivity index is 1.96. The third kappa shape index (κ3) is 3.84. The Kier molecular flexibility index (Phi) is 4.60. The number of carbonyl (C=O) groups excluding carboxylic acids is 1. The van der Waals surface area contributed by atoms with Gasteiger partial charge in [0, 0.05) is 13.1 Å². The summed E-state index contributed by atoms with van der Waals surface area (Å²) in [5, 5.41) is 2.64. The molecule has 5 nitrogen and oxygen atoms in total. The summed E-state index contributed by atoms with van der Waals surface area (Å²) in [7, 11) is 0. The second-order valence-electron chi connectivity index (χ2n) is 4.94. The first-order valence-electron chi connectivity index (χ1n) is 6.84. The Hall–Kier alpha value is -1.78. The molecule has 19 heavy (non-hydrogen) atoms. The summed E-state index contributed by atoms with van der Waals surface area (Å²) in [6.07, 6.45) is 3.74. The molecule has 1 unspecified atom stereocenters. The highest BCUT2D eigenvalue weighted by Crippen LogP contribution is 2.22. The maximum Gasteiger partial charge on any atom is 0.411 e. The number of aromatic nitrogens is 1. The molecule has 1 fully saturated rings. The zero-order valence-corrected chi connectivity index (χ0v) is 11.6. The molecule has 2 heterocycles. The van der Waals surface area contributed by atoms with Crippen LogP contribution in [0.25, 0.3) is 0 Å². The van der Waals surface area contributed by atoms with Crippen LogP contribution in [0.1, 0.15) is 26.7 Å².